The van der Waals surface area contributed by atoms with E-state index < -0.39 is 5.97 Å². The van der Waals surface area contributed by atoms with Crippen LogP contribution in [0.1, 0.15) is 35.3 Å². The van der Waals surface area contributed by atoms with Crippen LogP contribution in [0.4, 0.5) is 0 Å². The van der Waals surface area contributed by atoms with Crippen LogP contribution in [0.2, 0.25) is 5.02 Å². The molecular formula is C22H21ClN2O2S. The van der Waals surface area contributed by atoms with E-state index in [1.807, 2.05) is 58.5 Å². The molecule has 0 unspecified atom stereocenters. The highest BCUT2D eigenvalue weighted by atomic mass is 35.5. The van der Waals surface area contributed by atoms with Gasteiger partial charge in [-0.2, -0.15) is 0 Å². The molecule has 28 heavy (non-hydrogen) atoms. The summed E-state index contributed by atoms with van der Waals surface area (Å²) in [6.07, 6.45) is 8.67. The van der Waals surface area contributed by atoms with Gasteiger partial charge in [0.15, 0.2) is 0 Å². The molecule has 0 aliphatic rings. The van der Waals surface area contributed by atoms with Crippen LogP contribution in [-0.2, 0) is 17.8 Å². The molecule has 3 aromatic rings. The summed E-state index contributed by atoms with van der Waals surface area (Å²) in [7, 11) is 0. The van der Waals surface area contributed by atoms with Crippen molar-refractivity contribution in [3.63, 3.8) is 0 Å². The van der Waals surface area contributed by atoms with Crippen LogP contribution in [0.5, 0.6) is 0 Å². The average molecular weight is 413 g/mol. The van der Waals surface area contributed by atoms with Crippen molar-refractivity contribution in [1.29, 1.82) is 0 Å². The summed E-state index contributed by atoms with van der Waals surface area (Å²) < 4.78 is 1.99. The molecule has 4 nitrogen and oxygen atoms in total. The Bertz CT molecular complexity index is 1000. The number of aliphatic carboxylic acids is 1. The molecule has 0 fully saturated rings. The van der Waals surface area contributed by atoms with E-state index in [9.17, 15) is 9.90 Å². The van der Waals surface area contributed by atoms with Crippen LogP contribution in [0, 0.1) is 0 Å². The minimum atomic E-state index is -0.926. The summed E-state index contributed by atoms with van der Waals surface area (Å²) >= 11 is 7.89. The number of nitrogens with zero attached hydrogens (tertiary/aromatic N) is 2. The molecule has 2 heterocycles. The quantitative estimate of drug-likeness (QED) is 0.477. The zero-order valence-corrected chi connectivity index (χ0v) is 17.1. The van der Waals surface area contributed by atoms with Gasteiger partial charge in [0, 0.05) is 21.9 Å². The molecule has 144 valence electrons. The topological polar surface area (TPSA) is 55.1 Å². The number of halogens is 1. The maximum atomic E-state index is 11.8. The lowest BCUT2D eigenvalue weighted by atomic mass is 10.1. The first-order valence-electron chi connectivity index (χ1n) is 9.00. The fraction of sp³-hybridized carbons (Fsp3) is 0.182. The third-order valence-electron chi connectivity index (χ3n) is 4.25. The summed E-state index contributed by atoms with van der Waals surface area (Å²) in [5.74, 6) is -0.154. The molecule has 0 amide bonds. The highest BCUT2D eigenvalue weighted by molar-refractivity contribution is 7.09. The molecule has 0 saturated carbocycles. The molecule has 2 aromatic heterocycles. The van der Waals surface area contributed by atoms with Gasteiger partial charge in [0.1, 0.15) is 5.82 Å². The predicted molar refractivity (Wildman–Crippen MR) is 116 cm³/mol. The SMILES string of the molecule is CCC=Cc1ncc(/C=C(\Cc2cccs2)C(=O)O)n1Cc1ccccc1Cl. The van der Waals surface area contributed by atoms with E-state index in [-0.39, 0.29) is 0 Å². The number of hydrogen-bond donors (Lipinski definition) is 1. The second kappa shape index (κ2) is 9.53. The van der Waals surface area contributed by atoms with E-state index in [1.165, 1.54) is 0 Å². The number of allylic oxidation sites excluding steroid dienone is 1. The van der Waals surface area contributed by atoms with Crippen molar-refractivity contribution in [2.45, 2.75) is 26.3 Å². The van der Waals surface area contributed by atoms with Crippen molar-refractivity contribution in [3.8, 4) is 0 Å². The van der Waals surface area contributed by atoms with Gasteiger partial charge in [-0.1, -0.05) is 48.9 Å². The van der Waals surface area contributed by atoms with E-state index in [0.717, 1.165) is 28.4 Å². The van der Waals surface area contributed by atoms with Crippen molar-refractivity contribution >= 4 is 41.1 Å². The number of hydrogen-bond acceptors (Lipinski definition) is 3. The largest absolute Gasteiger partial charge is 0.478 e. The lowest BCUT2D eigenvalue weighted by molar-refractivity contribution is -0.132. The van der Waals surface area contributed by atoms with Gasteiger partial charge in [-0.3, -0.25) is 0 Å². The smallest absolute Gasteiger partial charge is 0.332 e. The van der Waals surface area contributed by atoms with Crippen LogP contribution in [0.3, 0.4) is 0 Å². The molecule has 1 N–H and O–H groups in total. The van der Waals surface area contributed by atoms with Crippen LogP contribution < -0.4 is 0 Å². The number of carbonyl (C=O) groups is 1. The van der Waals surface area contributed by atoms with E-state index in [0.29, 0.717) is 23.6 Å². The fourth-order valence-corrected chi connectivity index (χ4v) is 3.74. The van der Waals surface area contributed by atoms with Gasteiger partial charge in [0.05, 0.1) is 18.4 Å². The van der Waals surface area contributed by atoms with Gasteiger partial charge in [-0.15, -0.1) is 11.3 Å². The Kier molecular flexibility index (Phi) is 6.85. The summed E-state index contributed by atoms with van der Waals surface area (Å²) in [6.45, 7) is 2.57. The second-order valence-corrected chi connectivity index (χ2v) is 7.70. The van der Waals surface area contributed by atoms with Crippen molar-refractivity contribution in [2.24, 2.45) is 0 Å². The first kappa shape index (κ1) is 20.1. The molecule has 0 radical (unpaired) electrons. The Hall–Kier alpha value is -2.63. The minimum Gasteiger partial charge on any atom is -0.478 e. The Morgan fingerprint density at radius 2 is 2.11 bits per heavy atom. The van der Waals surface area contributed by atoms with Crippen molar-refractivity contribution in [3.05, 3.63) is 86.6 Å². The summed E-state index contributed by atoms with van der Waals surface area (Å²) in [5.41, 5.74) is 2.02. The highest BCUT2D eigenvalue weighted by Crippen LogP contribution is 2.22. The molecule has 0 aliphatic carbocycles. The molecule has 0 bridgehead atoms. The molecule has 6 heteroatoms. The molecule has 0 aliphatic heterocycles. The van der Waals surface area contributed by atoms with E-state index in [2.05, 4.69) is 11.9 Å². The summed E-state index contributed by atoms with van der Waals surface area (Å²) in [4.78, 5) is 17.3. The van der Waals surface area contributed by atoms with Crippen LogP contribution in [0.25, 0.3) is 12.2 Å². The zero-order valence-electron chi connectivity index (χ0n) is 15.5. The summed E-state index contributed by atoms with van der Waals surface area (Å²) in [5, 5.41) is 12.3. The van der Waals surface area contributed by atoms with Crippen molar-refractivity contribution in [1.82, 2.24) is 9.55 Å². The number of imidazole rings is 1. The Balaban J connectivity index is 2.01. The van der Waals surface area contributed by atoms with Gasteiger partial charge < -0.3 is 9.67 Å². The second-order valence-electron chi connectivity index (χ2n) is 6.26. The third-order valence-corrected chi connectivity index (χ3v) is 5.49. The molecular weight excluding hydrogens is 392 g/mol. The summed E-state index contributed by atoms with van der Waals surface area (Å²) in [6, 6.07) is 11.5. The molecule has 0 spiro atoms. The molecule has 0 saturated heterocycles. The first-order valence-corrected chi connectivity index (χ1v) is 10.3. The number of rotatable bonds is 8. The Labute approximate surface area is 173 Å². The van der Waals surface area contributed by atoms with Gasteiger partial charge in [0.25, 0.3) is 0 Å². The van der Waals surface area contributed by atoms with Crippen LogP contribution in [0.15, 0.2) is 59.6 Å². The number of aromatic nitrogens is 2. The normalized spacial score (nSPS) is 12.0. The number of benzene rings is 1. The molecule has 1 aromatic carbocycles. The maximum absolute atomic E-state index is 11.8. The van der Waals surface area contributed by atoms with Gasteiger partial charge in [0.2, 0.25) is 0 Å². The van der Waals surface area contributed by atoms with Crippen molar-refractivity contribution < 1.29 is 9.90 Å². The lowest BCUT2D eigenvalue weighted by Gasteiger charge is -2.11. The Morgan fingerprint density at radius 1 is 1.29 bits per heavy atom. The lowest BCUT2D eigenvalue weighted by Crippen LogP contribution is -2.07. The monoisotopic (exact) mass is 412 g/mol. The maximum Gasteiger partial charge on any atom is 0.332 e. The molecule has 0 atom stereocenters. The standard InChI is InChI=1S/C22H21ClN2O2S/c1-2-3-10-21-24-14-18(25(21)15-16-7-4-5-9-20(16)23)12-17(22(26)27)13-19-8-6-11-28-19/h3-12,14H,2,13,15H2,1H3,(H,26,27)/b10-3?,17-12+. The number of carboxylic acids is 1. The van der Waals surface area contributed by atoms with Gasteiger partial charge in [-0.05, 0) is 41.6 Å². The third kappa shape index (κ3) is 5.00. The van der Waals surface area contributed by atoms with E-state index >= 15 is 0 Å². The fourth-order valence-electron chi connectivity index (χ4n) is 2.81. The zero-order chi connectivity index (χ0) is 19.9. The first-order chi connectivity index (χ1) is 13.6. The minimum absolute atomic E-state index is 0.328. The average Bonchev–Trinajstić information content (AvgIpc) is 3.32. The Morgan fingerprint density at radius 3 is 2.79 bits per heavy atom. The highest BCUT2D eigenvalue weighted by Gasteiger charge is 2.14. The van der Waals surface area contributed by atoms with E-state index in [1.54, 1.807) is 23.6 Å². The van der Waals surface area contributed by atoms with Crippen molar-refractivity contribution in [2.75, 3.05) is 0 Å². The van der Waals surface area contributed by atoms with E-state index in [4.69, 9.17) is 11.6 Å². The van der Waals surface area contributed by atoms with Gasteiger partial charge in [-0.25, -0.2) is 9.78 Å². The number of thiophene rings is 1. The number of carboxylic acid groups (broad SMARTS) is 1. The predicted octanol–water partition coefficient (Wildman–Crippen LogP) is 5.78. The van der Waals surface area contributed by atoms with Crippen LogP contribution >= 0.6 is 22.9 Å². The van der Waals surface area contributed by atoms with Gasteiger partial charge >= 0.3 is 5.97 Å². The van der Waals surface area contributed by atoms with Crippen LogP contribution in [-0.4, -0.2) is 20.6 Å². The molecule has 3 rings (SSSR count).